The van der Waals surface area contributed by atoms with Gasteiger partial charge in [-0.3, -0.25) is 4.79 Å². The Labute approximate surface area is 107 Å². The van der Waals surface area contributed by atoms with E-state index in [9.17, 15) is 4.79 Å². The molecule has 5 nitrogen and oxygen atoms in total. The summed E-state index contributed by atoms with van der Waals surface area (Å²) in [6.45, 7) is 0. The van der Waals surface area contributed by atoms with Gasteiger partial charge in [0.15, 0.2) is 0 Å². The fourth-order valence-electron chi connectivity index (χ4n) is 3.39. The minimum absolute atomic E-state index is 0.0966. The predicted molar refractivity (Wildman–Crippen MR) is 70.7 cm³/mol. The highest BCUT2D eigenvalue weighted by Gasteiger charge is 2.35. The third kappa shape index (κ3) is 2.27. The van der Waals surface area contributed by atoms with Crippen LogP contribution in [-0.2, 0) is 0 Å². The Kier molecular flexibility index (Phi) is 3.07. The summed E-state index contributed by atoms with van der Waals surface area (Å²) in [5.74, 6) is 0.700. The zero-order chi connectivity index (χ0) is 12.5. The largest absolute Gasteiger partial charge is 0.367 e. The summed E-state index contributed by atoms with van der Waals surface area (Å²) in [5, 5.41) is 3.41. The molecule has 1 aromatic rings. The van der Waals surface area contributed by atoms with Crippen LogP contribution in [0, 0.1) is 0 Å². The van der Waals surface area contributed by atoms with Crippen LogP contribution in [0.2, 0.25) is 0 Å². The zero-order valence-electron chi connectivity index (χ0n) is 10.7. The Morgan fingerprint density at radius 2 is 2.11 bits per heavy atom. The molecule has 0 saturated carbocycles. The van der Waals surface area contributed by atoms with Gasteiger partial charge in [0.25, 0.3) is 5.56 Å². The number of hydrogen-bond acceptors (Lipinski definition) is 4. The van der Waals surface area contributed by atoms with E-state index < -0.39 is 0 Å². The van der Waals surface area contributed by atoms with Crippen LogP contribution in [0.4, 0.5) is 5.82 Å². The van der Waals surface area contributed by atoms with Crippen molar-refractivity contribution in [1.29, 1.82) is 0 Å². The van der Waals surface area contributed by atoms with Crippen LogP contribution in [0.5, 0.6) is 0 Å². The summed E-state index contributed by atoms with van der Waals surface area (Å²) >= 11 is 0. The van der Waals surface area contributed by atoms with Crippen LogP contribution in [-0.4, -0.2) is 40.0 Å². The SMILES string of the molecule is CN1C2CCCC1CC(Nc1cc(=O)[nH]cn1)C2. The van der Waals surface area contributed by atoms with E-state index in [1.54, 1.807) is 0 Å². The molecule has 5 heteroatoms. The number of anilines is 1. The number of hydrogen-bond donors (Lipinski definition) is 2. The Morgan fingerprint density at radius 1 is 1.39 bits per heavy atom. The van der Waals surface area contributed by atoms with Gasteiger partial charge in [-0.1, -0.05) is 6.42 Å². The van der Waals surface area contributed by atoms with E-state index >= 15 is 0 Å². The molecule has 0 spiro atoms. The fraction of sp³-hybridized carbons (Fsp3) is 0.692. The molecule has 0 amide bonds. The van der Waals surface area contributed by atoms with E-state index in [4.69, 9.17) is 0 Å². The van der Waals surface area contributed by atoms with Crippen molar-refractivity contribution in [3.05, 3.63) is 22.7 Å². The number of piperidine rings is 2. The molecular weight excluding hydrogens is 228 g/mol. The van der Waals surface area contributed by atoms with Crippen molar-refractivity contribution in [1.82, 2.24) is 14.9 Å². The second kappa shape index (κ2) is 4.72. The van der Waals surface area contributed by atoms with Crippen LogP contribution < -0.4 is 10.9 Å². The molecule has 3 heterocycles. The van der Waals surface area contributed by atoms with E-state index in [0.717, 1.165) is 12.8 Å². The zero-order valence-corrected chi connectivity index (χ0v) is 10.7. The molecule has 18 heavy (non-hydrogen) atoms. The molecule has 98 valence electrons. The van der Waals surface area contributed by atoms with E-state index in [0.29, 0.717) is 23.9 Å². The van der Waals surface area contributed by atoms with Crippen LogP contribution in [0.15, 0.2) is 17.2 Å². The smallest absolute Gasteiger partial charge is 0.252 e. The first kappa shape index (κ1) is 11.7. The van der Waals surface area contributed by atoms with Crippen molar-refractivity contribution in [3.8, 4) is 0 Å². The first-order chi connectivity index (χ1) is 8.72. The van der Waals surface area contributed by atoms with Crippen molar-refractivity contribution in [2.75, 3.05) is 12.4 Å². The lowest BCUT2D eigenvalue weighted by atomic mass is 9.82. The number of fused-ring (bicyclic) bond motifs is 2. The maximum absolute atomic E-state index is 11.2. The van der Waals surface area contributed by atoms with Gasteiger partial charge in [-0.25, -0.2) is 4.98 Å². The highest BCUT2D eigenvalue weighted by atomic mass is 16.1. The van der Waals surface area contributed by atoms with E-state index in [1.165, 1.54) is 31.7 Å². The molecule has 0 aromatic carbocycles. The molecule has 2 aliphatic rings. The van der Waals surface area contributed by atoms with E-state index in [2.05, 4.69) is 27.2 Å². The lowest BCUT2D eigenvalue weighted by Crippen LogP contribution is -2.52. The monoisotopic (exact) mass is 248 g/mol. The molecule has 0 radical (unpaired) electrons. The van der Waals surface area contributed by atoms with Crippen LogP contribution in [0.1, 0.15) is 32.1 Å². The molecule has 1 aromatic heterocycles. The molecule has 2 unspecified atom stereocenters. The third-order valence-electron chi connectivity index (χ3n) is 4.37. The second-order valence-corrected chi connectivity index (χ2v) is 5.51. The van der Waals surface area contributed by atoms with Gasteiger partial charge in [0.1, 0.15) is 5.82 Å². The van der Waals surface area contributed by atoms with Crippen LogP contribution in [0.3, 0.4) is 0 Å². The molecule has 2 atom stereocenters. The van der Waals surface area contributed by atoms with Gasteiger partial charge in [-0.2, -0.15) is 0 Å². The summed E-state index contributed by atoms with van der Waals surface area (Å²) < 4.78 is 0. The van der Waals surface area contributed by atoms with Crippen molar-refractivity contribution in [3.63, 3.8) is 0 Å². The Hall–Kier alpha value is -1.36. The molecule has 0 aliphatic carbocycles. The lowest BCUT2D eigenvalue weighted by Gasteiger charge is -2.47. The maximum atomic E-state index is 11.2. The minimum atomic E-state index is -0.0966. The van der Waals surface area contributed by atoms with Crippen molar-refractivity contribution in [2.24, 2.45) is 0 Å². The number of nitrogens with zero attached hydrogens (tertiary/aromatic N) is 2. The van der Waals surface area contributed by atoms with Gasteiger partial charge in [0.05, 0.1) is 6.33 Å². The number of nitrogens with one attached hydrogen (secondary N) is 2. The van der Waals surface area contributed by atoms with Crippen molar-refractivity contribution in [2.45, 2.75) is 50.2 Å². The molecule has 2 saturated heterocycles. The molecular formula is C13H20N4O. The number of aromatic nitrogens is 2. The average Bonchev–Trinajstić information content (AvgIpc) is 2.30. The van der Waals surface area contributed by atoms with Crippen molar-refractivity contribution >= 4 is 5.82 Å². The van der Waals surface area contributed by atoms with Gasteiger partial charge < -0.3 is 15.2 Å². The minimum Gasteiger partial charge on any atom is -0.367 e. The Bertz CT molecular complexity index is 458. The van der Waals surface area contributed by atoms with Gasteiger partial charge >= 0.3 is 0 Å². The maximum Gasteiger partial charge on any atom is 0.252 e. The normalized spacial score (nSPS) is 32.2. The highest BCUT2D eigenvalue weighted by Crippen LogP contribution is 2.33. The summed E-state index contributed by atoms with van der Waals surface area (Å²) in [5.41, 5.74) is -0.0966. The Morgan fingerprint density at radius 3 is 2.78 bits per heavy atom. The first-order valence-corrected chi connectivity index (χ1v) is 6.75. The van der Waals surface area contributed by atoms with Gasteiger partial charge in [-0.05, 0) is 32.7 Å². The standard InChI is InChI=1S/C13H20N4O/c1-17-10-3-2-4-11(17)6-9(5-10)16-12-7-13(18)15-8-14-12/h7-11H,2-6H2,1H3,(H2,14,15,16,18). The van der Waals surface area contributed by atoms with E-state index in [-0.39, 0.29) is 5.56 Å². The summed E-state index contributed by atoms with van der Waals surface area (Å²) in [7, 11) is 2.25. The third-order valence-corrected chi connectivity index (χ3v) is 4.37. The molecule has 2 fully saturated rings. The fourth-order valence-corrected chi connectivity index (χ4v) is 3.39. The average molecular weight is 248 g/mol. The first-order valence-electron chi connectivity index (χ1n) is 6.75. The molecule has 2 bridgehead atoms. The topological polar surface area (TPSA) is 61.0 Å². The summed E-state index contributed by atoms with van der Waals surface area (Å²) in [6, 6.07) is 3.37. The molecule has 3 rings (SSSR count). The van der Waals surface area contributed by atoms with Crippen LogP contribution in [0.25, 0.3) is 0 Å². The van der Waals surface area contributed by atoms with Gasteiger partial charge in [0.2, 0.25) is 0 Å². The summed E-state index contributed by atoms with van der Waals surface area (Å²) in [4.78, 5) is 20.5. The number of aromatic amines is 1. The van der Waals surface area contributed by atoms with Gasteiger partial charge in [0, 0.05) is 24.2 Å². The highest BCUT2D eigenvalue weighted by molar-refractivity contribution is 5.33. The quantitative estimate of drug-likeness (QED) is 0.825. The Balaban J connectivity index is 1.69. The lowest BCUT2D eigenvalue weighted by molar-refractivity contribution is 0.0608. The van der Waals surface area contributed by atoms with Crippen LogP contribution >= 0.6 is 0 Å². The molecule has 2 aliphatic heterocycles. The molecule has 2 N–H and O–H groups in total. The second-order valence-electron chi connectivity index (χ2n) is 5.51. The van der Waals surface area contributed by atoms with E-state index in [1.807, 2.05) is 0 Å². The van der Waals surface area contributed by atoms with Crippen molar-refractivity contribution < 1.29 is 0 Å². The number of rotatable bonds is 2. The van der Waals surface area contributed by atoms with Gasteiger partial charge in [-0.15, -0.1) is 0 Å². The predicted octanol–water partition coefficient (Wildman–Crippen LogP) is 1.20. The number of H-pyrrole nitrogens is 1. The summed E-state index contributed by atoms with van der Waals surface area (Å²) in [6.07, 6.45) is 7.72.